The smallest absolute Gasteiger partial charge is 0.411 e. The predicted octanol–water partition coefficient (Wildman–Crippen LogP) is 4.69. The number of benzene rings is 3. The van der Waals surface area contributed by atoms with E-state index < -0.39 is 99.5 Å². The first-order valence-corrected chi connectivity index (χ1v) is 21.3. The number of nitrogens with two attached hydrogens (primary N) is 2. The monoisotopic (exact) mass is 851 g/mol. The molecule has 4 aliphatic carbocycles. The number of imide groups is 2. The number of nitrogens with zero attached hydrogens (tertiary/aromatic N) is 3. The molecular formula is C46H54FN7O8. The molecule has 3 fully saturated rings. The molecule has 0 aromatic heterocycles. The number of hydrogen-bond acceptors (Lipinski definition) is 9. The number of likely N-dealkylation sites (tertiary alicyclic amines) is 2. The number of nitrogens with one attached hydrogen (secondary N) is 2. The number of carbonyl (C=O) groups excluding carboxylic acids is 4. The highest BCUT2D eigenvalue weighted by Crippen LogP contribution is 2.60. The van der Waals surface area contributed by atoms with Crippen LogP contribution in [0.25, 0.3) is 0 Å². The van der Waals surface area contributed by atoms with E-state index in [0.717, 1.165) is 0 Å². The number of carboxylic acid groups (broad SMARTS) is 2. The number of fused-ring (bicyclic) bond motifs is 8. The van der Waals surface area contributed by atoms with Crippen LogP contribution >= 0.6 is 0 Å². The van der Waals surface area contributed by atoms with Crippen LogP contribution in [0.2, 0.25) is 0 Å². The molecule has 7 aliphatic rings. The highest BCUT2D eigenvalue weighted by atomic mass is 19.1. The number of primary amides is 2. The molecule has 328 valence electrons. The molecule has 8 N–H and O–H groups in total. The SMILES string of the molecule is CC1(C)C(C(N)=O)c2ccc(cc2)[C@@]1(C(=O)NC(=O)O)N1CCCC1[C@H]1CC[C@H](C2CCCN2[C@]2(C(=O)NC(=O)O)c3ccc(cc3)C(C(N)=O)C2(C)C)N1c1cccc(F)c1. The van der Waals surface area contributed by atoms with E-state index in [0.29, 0.717) is 79.6 Å². The summed E-state index contributed by atoms with van der Waals surface area (Å²) in [4.78, 5) is 87.6. The van der Waals surface area contributed by atoms with E-state index in [2.05, 4.69) is 15.5 Å². The summed E-state index contributed by atoms with van der Waals surface area (Å²) in [5.74, 6) is -5.39. The molecule has 62 heavy (non-hydrogen) atoms. The quantitative estimate of drug-likeness (QED) is 0.173. The van der Waals surface area contributed by atoms with Gasteiger partial charge in [-0.05, 0) is 92.1 Å². The van der Waals surface area contributed by atoms with E-state index in [4.69, 9.17) is 11.5 Å². The van der Waals surface area contributed by atoms with Gasteiger partial charge in [0, 0.05) is 40.7 Å². The summed E-state index contributed by atoms with van der Waals surface area (Å²) >= 11 is 0. The summed E-state index contributed by atoms with van der Waals surface area (Å²) in [5.41, 5.74) is 9.03. The molecule has 0 spiro atoms. The summed E-state index contributed by atoms with van der Waals surface area (Å²) < 4.78 is 15.5. The second kappa shape index (κ2) is 15.2. The van der Waals surface area contributed by atoms with Gasteiger partial charge in [0.05, 0.1) is 11.8 Å². The third-order valence-electron chi connectivity index (χ3n) is 15.2. The molecule has 10 rings (SSSR count). The molecule has 15 nitrogen and oxygen atoms in total. The zero-order chi connectivity index (χ0) is 44.7. The Bertz CT molecular complexity index is 2200. The minimum atomic E-state index is -1.72. The Labute approximate surface area is 359 Å². The number of hydrogen-bond donors (Lipinski definition) is 6. The zero-order valence-corrected chi connectivity index (χ0v) is 35.3. The van der Waals surface area contributed by atoms with Gasteiger partial charge in [0.2, 0.25) is 11.8 Å². The molecule has 0 radical (unpaired) electrons. The second-order valence-electron chi connectivity index (χ2n) is 18.7. The van der Waals surface area contributed by atoms with Crippen molar-refractivity contribution in [3.63, 3.8) is 0 Å². The summed E-state index contributed by atoms with van der Waals surface area (Å²) in [6.07, 6.45) is 0.357. The van der Waals surface area contributed by atoms with Gasteiger partial charge in [0.25, 0.3) is 11.8 Å². The van der Waals surface area contributed by atoms with Crippen LogP contribution in [0.1, 0.15) is 100 Å². The molecule has 3 saturated heterocycles. The zero-order valence-electron chi connectivity index (χ0n) is 35.3. The molecule has 8 atom stereocenters. The van der Waals surface area contributed by atoms with Crippen LogP contribution in [0, 0.1) is 16.6 Å². The van der Waals surface area contributed by atoms with Crippen molar-refractivity contribution < 1.29 is 43.4 Å². The third kappa shape index (κ3) is 6.03. The number of amides is 6. The van der Waals surface area contributed by atoms with Crippen molar-refractivity contribution in [3.8, 4) is 0 Å². The summed E-state index contributed by atoms with van der Waals surface area (Å²) in [6.45, 7) is 7.83. The molecule has 3 aromatic carbocycles. The standard InChI is InChI=1S/C46H54FN7O8/c1-43(2)35(37(48)55)25-12-16-27(17-13-25)45(43,39(57)50-41(59)60)52-22-6-10-31(52)33-20-21-34(54(33)30-9-5-8-29(47)24-30)32-11-7-23-53(32)46(40(58)51-42(61)62)28-18-14-26(15-19-28)36(38(49)56)44(46,3)4/h5,8-9,12-19,24,31-36H,6-7,10-11,20-23H2,1-4H3,(H2,48,55)(H2,49,56)(H,50,57)(H,51,58)(H,59,60)(H,61,62)/t31?,32?,33-,34-,35?,36?,45+,46+/m1/s1. The topological polar surface area (TPSA) is 229 Å². The van der Waals surface area contributed by atoms with Gasteiger partial charge in [-0.3, -0.25) is 39.6 Å². The Hall–Kier alpha value is -5.87. The Morgan fingerprint density at radius 3 is 1.37 bits per heavy atom. The molecular weight excluding hydrogens is 798 g/mol. The maximum Gasteiger partial charge on any atom is 0.411 e. The number of rotatable bonds is 9. The summed E-state index contributed by atoms with van der Waals surface area (Å²) in [7, 11) is 0. The van der Waals surface area contributed by atoms with E-state index >= 15 is 4.39 Å². The number of halogens is 1. The van der Waals surface area contributed by atoms with Crippen molar-refractivity contribution in [1.82, 2.24) is 20.4 Å². The van der Waals surface area contributed by atoms with E-state index in [9.17, 15) is 39.0 Å². The fourth-order valence-electron chi connectivity index (χ4n) is 13.3. The highest BCUT2D eigenvalue weighted by molar-refractivity contribution is 6.01. The van der Waals surface area contributed by atoms with Gasteiger partial charge < -0.3 is 26.6 Å². The Morgan fingerprint density at radius 2 is 1.02 bits per heavy atom. The third-order valence-corrected chi connectivity index (χ3v) is 15.2. The van der Waals surface area contributed by atoms with E-state index in [1.54, 1.807) is 82.3 Å². The fraction of sp³-hybridized carbons (Fsp3) is 0.478. The van der Waals surface area contributed by atoms with Gasteiger partial charge in [-0.2, -0.15) is 0 Å². The maximum absolute atomic E-state index is 15.5. The first-order chi connectivity index (χ1) is 29.3. The van der Waals surface area contributed by atoms with Crippen LogP contribution < -0.4 is 27.0 Å². The molecule has 3 aliphatic heterocycles. The number of anilines is 1. The van der Waals surface area contributed by atoms with Gasteiger partial charge >= 0.3 is 12.2 Å². The first-order valence-electron chi connectivity index (χ1n) is 21.3. The Morgan fingerprint density at radius 1 is 0.613 bits per heavy atom. The van der Waals surface area contributed by atoms with Crippen molar-refractivity contribution in [3.05, 3.63) is 101 Å². The molecule has 16 heteroatoms. The average Bonchev–Trinajstić information content (AvgIpc) is 3.92. The lowest BCUT2D eigenvalue weighted by Crippen LogP contribution is -2.70. The minimum Gasteiger partial charge on any atom is -0.465 e. The van der Waals surface area contributed by atoms with E-state index in [-0.39, 0.29) is 0 Å². The van der Waals surface area contributed by atoms with Gasteiger partial charge in [-0.1, -0.05) is 82.3 Å². The first kappa shape index (κ1) is 42.8. The van der Waals surface area contributed by atoms with Crippen molar-refractivity contribution in [1.29, 1.82) is 0 Å². The van der Waals surface area contributed by atoms with Crippen LogP contribution in [0.15, 0.2) is 72.8 Å². The Balaban J connectivity index is 1.29. The van der Waals surface area contributed by atoms with Crippen LogP contribution in [0.3, 0.4) is 0 Å². The molecule has 3 heterocycles. The maximum atomic E-state index is 15.5. The second-order valence-corrected chi connectivity index (χ2v) is 18.7. The van der Waals surface area contributed by atoms with Crippen LogP contribution in [0.5, 0.6) is 0 Å². The fourth-order valence-corrected chi connectivity index (χ4v) is 13.3. The lowest BCUT2D eigenvalue weighted by atomic mass is 9.60. The van der Waals surface area contributed by atoms with Crippen molar-refractivity contribution in [2.75, 3.05) is 18.0 Å². The average molecular weight is 852 g/mol. The largest absolute Gasteiger partial charge is 0.465 e. The Kier molecular flexibility index (Phi) is 10.5. The normalized spacial score (nSPS) is 31.0. The molecule has 3 aromatic rings. The molecule has 4 unspecified atom stereocenters. The van der Waals surface area contributed by atoms with E-state index in [1.807, 2.05) is 15.9 Å². The van der Waals surface area contributed by atoms with Crippen molar-refractivity contribution in [2.24, 2.45) is 22.3 Å². The van der Waals surface area contributed by atoms with Crippen molar-refractivity contribution >= 4 is 41.5 Å². The molecule has 6 amide bonds. The molecule has 0 saturated carbocycles. The summed E-state index contributed by atoms with van der Waals surface area (Å²) in [6, 6.07) is 18.6. The van der Waals surface area contributed by atoms with Gasteiger partial charge in [0.1, 0.15) is 16.9 Å². The minimum absolute atomic E-state index is 0.359. The molecule has 4 bridgehead atoms. The van der Waals surface area contributed by atoms with Gasteiger partial charge in [-0.15, -0.1) is 0 Å². The van der Waals surface area contributed by atoms with E-state index in [1.165, 1.54) is 12.1 Å². The lowest BCUT2D eigenvalue weighted by molar-refractivity contribution is -0.150. The van der Waals surface area contributed by atoms with Crippen LogP contribution in [-0.2, 0) is 30.3 Å². The lowest BCUT2D eigenvalue weighted by Gasteiger charge is -2.56. The predicted molar refractivity (Wildman–Crippen MR) is 225 cm³/mol. The van der Waals surface area contributed by atoms with Crippen molar-refractivity contribution in [2.45, 2.75) is 113 Å². The van der Waals surface area contributed by atoms with Crippen LogP contribution in [0.4, 0.5) is 19.7 Å². The number of carbonyl (C=O) groups is 6. The van der Waals surface area contributed by atoms with Gasteiger partial charge in [-0.25, -0.2) is 14.0 Å². The van der Waals surface area contributed by atoms with Gasteiger partial charge in [0.15, 0.2) is 0 Å². The van der Waals surface area contributed by atoms with Crippen LogP contribution in [-0.4, -0.2) is 93.1 Å². The summed E-state index contributed by atoms with van der Waals surface area (Å²) in [5, 5.41) is 24.4. The highest BCUT2D eigenvalue weighted by Gasteiger charge is 2.67.